The van der Waals surface area contributed by atoms with E-state index in [9.17, 15) is 24.3 Å². The Morgan fingerprint density at radius 2 is 1.52 bits per heavy atom. The van der Waals surface area contributed by atoms with E-state index in [4.69, 9.17) is 37.4 Å². The molecule has 0 bridgehead atoms. The van der Waals surface area contributed by atoms with Crippen LogP contribution < -0.4 is 29.7 Å². The fraction of sp³-hybridized carbons (Fsp3) is 0.111. The van der Waals surface area contributed by atoms with Crippen molar-refractivity contribution in [1.29, 1.82) is 0 Å². The lowest BCUT2D eigenvalue weighted by atomic mass is 10.1. The fourth-order valence-corrected chi connectivity index (χ4v) is 4.25. The number of hydrogen-bond acceptors (Lipinski definition) is 8. The molecular weight excluding hydrogens is 565 g/mol. The number of carbonyl (C=O) groups excluding carboxylic acids is 3. The van der Waals surface area contributed by atoms with E-state index >= 15 is 0 Å². The van der Waals surface area contributed by atoms with Gasteiger partial charge in [-0.25, -0.2) is 9.69 Å². The van der Waals surface area contributed by atoms with Crippen LogP contribution >= 0.6 is 23.2 Å². The number of nitrogens with one attached hydrogen (secondary N) is 2. The van der Waals surface area contributed by atoms with Gasteiger partial charge in [-0.3, -0.25) is 14.4 Å². The Morgan fingerprint density at radius 1 is 0.850 bits per heavy atom. The van der Waals surface area contributed by atoms with Crippen molar-refractivity contribution in [3.8, 4) is 17.2 Å². The number of amides is 3. The second kappa shape index (κ2) is 11.6. The summed E-state index contributed by atoms with van der Waals surface area (Å²) in [4.78, 5) is 51.1. The summed E-state index contributed by atoms with van der Waals surface area (Å²) < 4.78 is 15.5. The molecule has 0 unspecified atom stereocenters. The summed E-state index contributed by atoms with van der Waals surface area (Å²) in [5.74, 6) is -2.49. The molecule has 0 aromatic heterocycles. The fourth-order valence-electron chi connectivity index (χ4n) is 3.83. The number of carbonyl (C=O) groups is 4. The second-order valence-electron chi connectivity index (χ2n) is 8.17. The van der Waals surface area contributed by atoms with Gasteiger partial charge in [-0.15, -0.1) is 0 Å². The minimum Gasteiger partial charge on any atom is -0.497 e. The zero-order chi connectivity index (χ0) is 29.1. The normalized spacial score (nSPS) is 12.9. The van der Waals surface area contributed by atoms with Crippen LogP contribution in [-0.4, -0.2) is 50.1 Å². The van der Waals surface area contributed by atoms with Crippen molar-refractivity contribution in [2.75, 3.05) is 36.9 Å². The Morgan fingerprint density at radius 3 is 2.12 bits per heavy atom. The predicted molar refractivity (Wildman–Crippen MR) is 148 cm³/mol. The van der Waals surface area contributed by atoms with Crippen LogP contribution in [0.3, 0.4) is 0 Å². The van der Waals surface area contributed by atoms with Gasteiger partial charge in [0, 0.05) is 23.4 Å². The van der Waals surface area contributed by atoms with E-state index in [-0.39, 0.29) is 49.8 Å². The second-order valence-corrected chi connectivity index (χ2v) is 8.95. The maximum absolute atomic E-state index is 13.2. The average Bonchev–Trinajstić information content (AvgIpc) is 3.16. The average molecular weight is 586 g/mol. The molecule has 3 aromatic rings. The zero-order valence-corrected chi connectivity index (χ0v) is 22.7. The predicted octanol–water partition coefficient (Wildman–Crippen LogP) is 4.75. The first-order chi connectivity index (χ1) is 19.1. The van der Waals surface area contributed by atoms with Gasteiger partial charge >= 0.3 is 5.97 Å². The molecule has 0 saturated heterocycles. The molecule has 0 saturated carbocycles. The van der Waals surface area contributed by atoms with Crippen LogP contribution in [0, 0.1) is 0 Å². The molecule has 4 rings (SSSR count). The summed E-state index contributed by atoms with van der Waals surface area (Å²) in [6.45, 7) is 0. The maximum Gasteiger partial charge on any atom is 0.339 e. The summed E-state index contributed by atoms with van der Waals surface area (Å²) in [6.07, 6.45) is 0. The van der Waals surface area contributed by atoms with Gasteiger partial charge in [0.15, 0.2) is 0 Å². The molecule has 3 aromatic carbocycles. The highest BCUT2D eigenvalue weighted by Gasteiger charge is 2.40. The molecule has 0 spiro atoms. The molecule has 1 aliphatic rings. The van der Waals surface area contributed by atoms with Gasteiger partial charge in [0.1, 0.15) is 33.5 Å². The molecule has 0 aliphatic carbocycles. The SMILES string of the molecule is COc1ccc(N2C(=O)C(Cl)=C(Nc3ccc(C(=O)Nc4cc(OC)c(C(=O)O)cc4Cl)cc3)C2=O)c(OC)c1. The van der Waals surface area contributed by atoms with Crippen molar-refractivity contribution in [1.82, 2.24) is 0 Å². The van der Waals surface area contributed by atoms with E-state index < -0.39 is 23.7 Å². The lowest BCUT2D eigenvalue weighted by molar-refractivity contribution is -0.120. The molecule has 3 N–H and O–H groups in total. The number of nitrogens with zero attached hydrogens (tertiary/aromatic N) is 1. The van der Waals surface area contributed by atoms with Crippen molar-refractivity contribution < 1.29 is 38.5 Å². The van der Waals surface area contributed by atoms with Gasteiger partial charge < -0.3 is 30.0 Å². The van der Waals surface area contributed by atoms with Gasteiger partial charge in [0.25, 0.3) is 17.7 Å². The van der Waals surface area contributed by atoms with Crippen molar-refractivity contribution in [2.45, 2.75) is 0 Å². The number of anilines is 3. The van der Waals surface area contributed by atoms with Gasteiger partial charge in [-0.1, -0.05) is 23.2 Å². The van der Waals surface area contributed by atoms with Gasteiger partial charge in [0.2, 0.25) is 0 Å². The highest BCUT2D eigenvalue weighted by molar-refractivity contribution is 6.53. The van der Waals surface area contributed by atoms with E-state index in [0.29, 0.717) is 11.4 Å². The number of methoxy groups -OCH3 is 3. The molecular formula is C27H21Cl2N3O8. The Balaban J connectivity index is 1.51. The van der Waals surface area contributed by atoms with Crippen molar-refractivity contribution in [3.63, 3.8) is 0 Å². The molecule has 40 heavy (non-hydrogen) atoms. The van der Waals surface area contributed by atoms with E-state index in [2.05, 4.69) is 10.6 Å². The number of hydrogen-bond donors (Lipinski definition) is 3. The number of ether oxygens (including phenoxy) is 3. The van der Waals surface area contributed by atoms with Gasteiger partial charge in [-0.2, -0.15) is 0 Å². The summed E-state index contributed by atoms with van der Waals surface area (Å²) in [7, 11) is 4.16. The number of aromatic carboxylic acids is 1. The topological polar surface area (TPSA) is 144 Å². The highest BCUT2D eigenvalue weighted by atomic mass is 35.5. The van der Waals surface area contributed by atoms with Crippen molar-refractivity contribution in [2.24, 2.45) is 0 Å². The Bertz CT molecular complexity index is 1570. The van der Waals surface area contributed by atoms with Gasteiger partial charge in [0.05, 0.1) is 37.7 Å². The monoisotopic (exact) mass is 585 g/mol. The van der Waals surface area contributed by atoms with Crippen LogP contribution in [0.15, 0.2) is 65.3 Å². The summed E-state index contributed by atoms with van der Waals surface area (Å²) in [6, 6.07) is 13.0. The number of carboxylic acid groups (broad SMARTS) is 1. The van der Waals surface area contributed by atoms with Crippen LogP contribution in [-0.2, 0) is 9.59 Å². The molecule has 11 nitrogen and oxygen atoms in total. The van der Waals surface area contributed by atoms with E-state index in [1.807, 2.05) is 0 Å². The number of benzene rings is 3. The minimum atomic E-state index is -1.23. The molecule has 0 fully saturated rings. The number of halogens is 2. The minimum absolute atomic E-state index is 0.00822. The summed E-state index contributed by atoms with van der Waals surface area (Å²) in [5.41, 5.74) is 0.627. The standard InChI is InChI=1S/C27H21Cl2N3O8/c1-38-15-8-9-19(21(10-15)40-3)32-25(34)22(29)23(26(32)35)30-14-6-4-13(5-7-14)24(33)31-18-12-20(39-2)16(27(36)37)11-17(18)28/h4-12,30H,1-3H3,(H,31,33)(H,36,37). The van der Waals surface area contributed by atoms with Crippen LogP contribution in [0.1, 0.15) is 20.7 Å². The van der Waals surface area contributed by atoms with E-state index in [1.54, 1.807) is 6.07 Å². The zero-order valence-electron chi connectivity index (χ0n) is 21.2. The van der Waals surface area contributed by atoms with E-state index in [1.165, 1.54) is 69.9 Å². The first kappa shape index (κ1) is 28.3. The molecule has 206 valence electrons. The third-order valence-electron chi connectivity index (χ3n) is 5.84. The quantitative estimate of drug-likeness (QED) is 0.303. The number of carboxylic acids is 1. The maximum atomic E-state index is 13.2. The third-order valence-corrected chi connectivity index (χ3v) is 6.50. The number of imide groups is 1. The van der Waals surface area contributed by atoms with E-state index in [0.717, 1.165) is 4.90 Å². The van der Waals surface area contributed by atoms with Crippen molar-refractivity contribution >= 4 is 64.0 Å². The first-order valence-corrected chi connectivity index (χ1v) is 12.1. The molecule has 3 amide bonds. The molecule has 13 heteroatoms. The smallest absolute Gasteiger partial charge is 0.339 e. The Kier molecular flexibility index (Phi) is 8.17. The van der Waals surface area contributed by atoms with Crippen molar-refractivity contribution in [3.05, 3.63) is 81.5 Å². The third kappa shape index (κ3) is 5.37. The lowest BCUT2D eigenvalue weighted by Gasteiger charge is -2.18. The number of rotatable bonds is 9. The molecule has 1 aliphatic heterocycles. The van der Waals surface area contributed by atoms with Crippen LogP contribution in [0.4, 0.5) is 17.1 Å². The molecule has 0 atom stereocenters. The van der Waals surface area contributed by atoms with Gasteiger partial charge in [-0.05, 0) is 42.5 Å². The highest BCUT2D eigenvalue weighted by Crippen LogP contribution is 2.38. The summed E-state index contributed by atoms with van der Waals surface area (Å²) in [5, 5.41) is 14.4. The lowest BCUT2D eigenvalue weighted by Crippen LogP contribution is -2.32. The van der Waals surface area contributed by atoms with Crippen LogP contribution in [0.2, 0.25) is 5.02 Å². The molecule has 1 heterocycles. The largest absolute Gasteiger partial charge is 0.497 e. The summed E-state index contributed by atoms with van der Waals surface area (Å²) >= 11 is 12.4. The molecule has 0 radical (unpaired) electrons. The first-order valence-electron chi connectivity index (χ1n) is 11.4. The van der Waals surface area contributed by atoms with Crippen LogP contribution in [0.25, 0.3) is 0 Å². The Hall–Kier alpha value is -4.74. The Labute approximate surface area is 237 Å². The van der Waals surface area contributed by atoms with Crippen LogP contribution in [0.5, 0.6) is 17.2 Å².